The summed E-state index contributed by atoms with van der Waals surface area (Å²) in [7, 11) is 0. The number of likely N-dealkylation sites (tertiary alicyclic amines) is 1. The van der Waals surface area contributed by atoms with Gasteiger partial charge in [-0.05, 0) is 62.3 Å². The van der Waals surface area contributed by atoms with E-state index < -0.39 is 6.61 Å². The maximum absolute atomic E-state index is 12.3. The van der Waals surface area contributed by atoms with Crippen LogP contribution in [0.15, 0.2) is 47.1 Å². The molecule has 1 aliphatic heterocycles. The van der Waals surface area contributed by atoms with E-state index in [0.717, 1.165) is 31.7 Å². The second-order valence-electron chi connectivity index (χ2n) is 5.89. The van der Waals surface area contributed by atoms with E-state index in [1.165, 1.54) is 24.3 Å². The molecular formula is C18H20F2N2O3. The summed E-state index contributed by atoms with van der Waals surface area (Å²) in [4.78, 5) is 14.6. The highest BCUT2D eigenvalue weighted by molar-refractivity contribution is 5.94. The summed E-state index contributed by atoms with van der Waals surface area (Å²) in [6, 6.07) is 9.36. The molecule has 1 aromatic carbocycles. The van der Waals surface area contributed by atoms with Gasteiger partial charge in [-0.15, -0.1) is 0 Å². The minimum absolute atomic E-state index is 0.0112. The third kappa shape index (κ3) is 4.57. The number of ether oxygens (including phenoxy) is 1. The van der Waals surface area contributed by atoms with Gasteiger partial charge in [-0.3, -0.25) is 9.69 Å². The van der Waals surface area contributed by atoms with E-state index in [4.69, 9.17) is 4.42 Å². The number of carbonyl (C=O) groups excluding carboxylic acids is 1. The number of benzene rings is 1. The molecule has 0 aliphatic carbocycles. The zero-order chi connectivity index (χ0) is 17.6. The SMILES string of the molecule is O=C(NCC(c1ccco1)N1CCCC1)c1ccc(OC(F)F)cc1. The Bertz CT molecular complexity index is 668. The maximum Gasteiger partial charge on any atom is 0.387 e. The molecule has 0 bridgehead atoms. The molecule has 1 unspecified atom stereocenters. The molecule has 1 amide bonds. The third-order valence-corrected chi connectivity index (χ3v) is 4.25. The Kier molecular flexibility index (Phi) is 5.65. The Hall–Kier alpha value is -2.41. The lowest BCUT2D eigenvalue weighted by molar-refractivity contribution is -0.0498. The number of halogens is 2. The Morgan fingerprint density at radius 1 is 1.20 bits per heavy atom. The van der Waals surface area contributed by atoms with E-state index in [2.05, 4.69) is 15.0 Å². The molecule has 3 rings (SSSR count). The Morgan fingerprint density at radius 2 is 1.92 bits per heavy atom. The second-order valence-corrected chi connectivity index (χ2v) is 5.89. The summed E-state index contributed by atoms with van der Waals surface area (Å²) in [6.45, 7) is -0.516. The van der Waals surface area contributed by atoms with Crippen molar-refractivity contribution >= 4 is 5.91 Å². The first kappa shape index (κ1) is 17.4. The van der Waals surface area contributed by atoms with Gasteiger partial charge in [-0.25, -0.2) is 0 Å². The van der Waals surface area contributed by atoms with Crippen molar-refractivity contribution in [3.05, 3.63) is 54.0 Å². The van der Waals surface area contributed by atoms with Crippen molar-refractivity contribution in [3.8, 4) is 5.75 Å². The summed E-state index contributed by atoms with van der Waals surface area (Å²) < 4.78 is 34.1. The van der Waals surface area contributed by atoms with Gasteiger partial charge in [0.25, 0.3) is 5.91 Å². The molecule has 1 atom stereocenters. The van der Waals surface area contributed by atoms with Crippen molar-refractivity contribution in [2.75, 3.05) is 19.6 Å². The number of amides is 1. The molecule has 2 heterocycles. The van der Waals surface area contributed by atoms with E-state index in [1.807, 2.05) is 12.1 Å². The van der Waals surface area contributed by atoms with E-state index in [-0.39, 0.29) is 17.7 Å². The minimum atomic E-state index is -2.88. The smallest absolute Gasteiger partial charge is 0.387 e. The monoisotopic (exact) mass is 350 g/mol. The molecule has 25 heavy (non-hydrogen) atoms. The molecule has 0 spiro atoms. The summed E-state index contributed by atoms with van der Waals surface area (Å²) in [6.07, 6.45) is 3.90. The molecule has 0 saturated carbocycles. The van der Waals surface area contributed by atoms with Gasteiger partial charge >= 0.3 is 6.61 Å². The zero-order valence-electron chi connectivity index (χ0n) is 13.7. The Morgan fingerprint density at radius 3 is 2.52 bits per heavy atom. The predicted molar refractivity (Wildman–Crippen MR) is 87.7 cm³/mol. The quantitative estimate of drug-likeness (QED) is 0.831. The molecule has 5 nitrogen and oxygen atoms in total. The number of furan rings is 1. The molecule has 1 aliphatic rings. The van der Waals surface area contributed by atoms with E-state index in [9.17, 15) is 13.6 Å². The van der Waals surface area contributed by atoms with Crippen LogP contribution in [0.25, 0.3) is 0 Å². The van der Waals surface area contributed by atoms with E-state index >= 15 is 0 Å². The molecule has 1 saturated heterocycles. The lowest BCUT2D eigenvalue weighted by Crippen LogP contribution is -2.36. The van der Waals surface area contributed by atoms with Crippen LogP contribution in [0.1, 0.15) is 35.0 Å². The van der Waals surface area contributed by atoms with Gasteiger partial charge in [0, 0.05) is 12.1 Å². The fourth-order valence-corrected chi connectivity index (χ4v) is 3.02. The van der Waals surface area contributed by atoms with Crippen molar-refractivity contribution in [2.24, 2.45) is 0 Å². The number of nitrogens with zero attached hydrogens (tertiary/aromatic N) is 1. The zero-order valence-corrected chi connectivity index (χ0v) is 13.7. The first-order valence-electron chi connectivity index (χ1n) is 8.24. The van der Waals surface area contributed by atoms with Crippen LogP contribution < -0.4 is 10.1 Å². The highest BCUT2D eigenvalue weighted by Gasteiger charge is 2.26. The van der Waals surface area contributed by atoms with Crippen molar-refractivity contribution in [2.45, 2.75) is 25.5 Å². The van der Waals surface area contributed by atoms with Gasteiger partial charge in [-0.2, -0.15) is 8.78 Å². The van der Waals surface area contributed by atoms with Gasteiger partial charge in [0.1, 0.15) is 11.5 Å². The van der Waals surface area contributed by atoms with Crippen LogP contribution in [0, 0.1) is 0 Å². The van der Waals surface area contributed by atoms with Crippen LogP contribution in [-0.4, -0.2) is 37.1 Å². The molecule has 7 heteroatoms. The molecule has 2 aromatic rings. The number of carbonyl (C=O) groups is 1. The minimum Gasteiger partial charge on any atom is -0.468 e. The van der Waals surface area contributed by atoms with Gasteiger partial charge in [0.2, 0.25) is 0 Å². The van der Waals surface area contributed by atoms with Crippen molar-refractivity contribution in [3.63, 3.8) is 0 Å². The Balaban J connectivity index is 1.61. The summed E-state index contributed by atoms with van der Waals surface area (Å²) >= 11 is 0. The number of hydrogen-bond donors (Lipinski definition) is 1. The maximum atomic E-state index is 12.3. The highest BCUT2D eigenvalue weighted by atomic mass is 19.3. The predicted octanol–water partition coefficient (Wildman–Crippen LogP) is 3.45. The summed E-state index contributed by atoms with van der Waals surface area (Å²) in [5.74, 6) is 0.583. The van der Waals surface area contributed by atoms with Crippen molar-refractivity contribution in [1.82, 2.24) is 10.2 Å². The number of alkyl halides is 2. The standard InChI is InChI=1S/C18H20F2N2O3/c19-18(20)25-14-7-5-13(6-8-14)17(23)21-12-15(16-4-3-11-24-16)22-9-1-2-10-22/h3-8,11,15,18H,1-2,9-10,12H2,(H,21,23). The average molecular weight is 350 g/mol. The van der Waals surface area contributed by atoms with Gasteiger partial charge in [0.15, 0.2) is 0 Å². The molecular weight excluding hydrogens is 330 g/mol. The van der Waals surface area contributed by atoms with Gasteiger partial charge in [0.05, 0.1) is 12.3 Å². The second kappa shape index (κ2) is 8.11. The van der Waals surface area contributed by atoms with Crippen LogP contribution >= 0.6 is 0 Å². The fraction of sp³-hybridized carbons (Fsp3) is 0.389. The molecule has 134 valence electrons. The van der Waals surface area contributed by atoms with Crippen molar-refractivity contribution < 1.29 is 22.7 Å². The lowest BCUT2D eigenvalue weighted by atomic mass is 10.1. The largest absolute Gasteiger partial charge is 0.468 e. The van der Waals surface area contributed by atoms with Crippen LogP contribution in [0.3, 0.4) is 0 Å². The van der Waals surface area contributed by atoms with E-state index in [1.54, 1.807) is 6.26 Å². The molecule has 1 fully saturated rings. The van der Waals surface area contributed by atoms with Gasteiger partial charge in [-0.1, -0.05) is 0 Å². The summed E-state index contributed by atoms with van der Waals surface area (Å²) in [5, 5.41) is 2.89. The first-order valence-corrected chi connectivity index (χ1v) is 8.24. The molecule has 1 aromatic heterocycles. The normalized spacial score (nSPS) is 16.1. The van der Waals surface area contributed by atoms with Gasteiger partial charge < -0.3 is 14.5 Å². The van der Waals surface area contributed by atoms with Crippen LogP contribution in [0.5, 0.6) is 5.75 Å². The van der Waals surface area contributed by atoms with Crippen LogP contribution in [0.2, 0.25) is 0 Å². The van der Waals surface area contributed by atoms with E-state index in [0.29, 0.717) is 12.1 Å². The average Bonchev–Trinajstić information content (AvgIpc) is 3.29. The topological polar surface area (TPSA) is 54.7 Å². The number of rotatable bonds is 7. The number of hydrogen-bond acceptors (Lipinski definition) is 4. The van der Waals surface area contributed by atoms with Crippen molar-refractivity contribution in [1.29, 1.82) is 0 Å². The van der Waals surface area contributed by atoms with Crippen LogP contribution in [0.4, 0.5) is 8.78 Å². The summed E-state index contributed by atoms with van der Waals surface area (Å²) in [5.41, 5.74) is 0.390. The molecule has 1 N–H and O–H groups in total. The fourth-order valence-electron chi connectivity index (χ4n) is 3.02. The number of nitrogens with one attached hydrogen (secondary N) is 1. The lowest BCUT2D eigenvalue weighted by Gasteiger charge is -2.26. The third-order valence-electron chi connectivity index (χ3n) is 4.25. The highest BCUT2D eigenvalue weighted by Crippen LogP contribution is 2.25. The first-order chi connectivity index (χ1) is 12.1. The van der Waals surface area contributed by atoms with Crippen LogP contribution in [-0.2, 0) is 0 Å². The molecule has 0 radical (unpaired) electrons. The Labute approximate surface area is 144 Å².